The lowest BCUT2D eigenvalue weighted by Gasteiger charge is -2.03. The van der Waals surface area contributed by atoms with Crippen molar-refractivity contribution in [2.75, 3.05) is 6.54 Å². The molecule has 2 heterocycles. The summed E-state index contributed by atoms with van der Waals surface area (Å²) in [6, 6.07) is 10.2. The summed E-state index contributed by atoms with van der Waals surface area (Å²) in [7, 11) is 0. The van der Waals surface area contributed by atoms with E-state index in [1.54, 1.807) is 0 Å². The lowest BCUT2D eigenvalue weighted by molar-refractivity contribution is 0.500. The van der Waals surface area contributed by atoms with Gasteiger partial charge in [-0.2, -0.15) is 0 Å². The molecule has 2 aromatic heterocycles. The van der Waals surface area contributed by atoms with Gasteiger partial charge in [0.05, 0.1) is 12.9 Å². The highest BCUT2D eigenvalue weighted by molar-refractivity contribution is 5.77. The Morgan fingerprint density at radius 2 is 2.15 bits per heavy atom. The number of furan rings is 1. The van der Waals surface area contributed by atoms with Crippen molar-refractivity contribution in [2.45, 2.75) is 25.9 Å². The molecule has 0 aliphatic carbocycles. The number of imidazole rings is 1. The van der Waals surface area contributed by atoms with Crippen LogP contribution < -0.4 is 5.32 Å². The molecular weight excluding hydrogens is 250 g/mol. The first kappa shape index (κ1) is 12.9. The smallest absolute Gasteiger partial charge is 0.134 e. The summed E-state index contributed by atoms with van der Waals surface area (Å²) in [5.74, 6) is 1.00. The van der Waals surface area contributed by atoms with Crippen LogP contribution in [0.4, 0.5) is 0 Å². The SMILES string of the molecule is c1ccc2oc(CNCCCCn3ccnc3)cc2c1. The molecule has 4 nitrogen and oxygen atoms in total. The van der Waals surface area contributed by atoms with Crippen molar-refractivity contribution in [3.63, 3.8) is 0 Å². The minimum Gasteiger partial charge on any atom is -0.460 e. The first-order chi connectivity index (χ1) is 9.92. The number of hydrogen-bond donors (Lipinski definition) is 1. The minimum absolute atomic E-state index is 0.791. The third-order valence-electron chi connectivity index (χ3n) is 3.35. The van der Waals surface area contributed by atoms with Crippen molar-refractivity contribution in [3.8, 4) is 0 Å². The molecule has 104 valence electrons. The van der Waals surface area contributed by atoms with Gasteiger partial charge in [-0.15, -0.1) is 0 Å². The molecule has 0 bridgehead atoms. The highest BCUT2D eigenvalue weighted by Crippen LogP contribution is 2.18. The predicted octanol–water partition coefficient (Wildman–Crippen LogP) is 3.20. The molecule has 0 spiro atoms. The fraction of sp³-hybridized carbons (Fsp3) is 0.312. The zero-order chi connectivity index (χ0) is 13.6. The number of unbranched alkanes of at least 4 members (excludes halogenated alkanes) is 1. The lowest BCUT2D eigenvalue weighted by atomic mass is 10.2. The van der Waals surface area contributed by atoms with Crippen molar-refractivity contribution in [1.82, 2.24) is 14.9 Å². The molecular formula is C16H19N3O. The number of fused-ring (bicyclic) bond motifs is 1. The van der Waals surface area contributed by atoms with E-state index in [0.29, 0.717) is 0 Å². The van der Waals surface area contributed by atoms with Crippen LogP contribution in [0.1, 0.15) is 18.6 Å². The van der Waals surface area contributed by atoms with Crippen molar-refractivity contribution >= 4 is 11.0 Å². The monoisotopic (exact) mass is 269 g/mol. The number of benzene rings is 1. The van der Waals surface area contributed by atoms with Crippen LogP contribution in [0.2, 0.25) is 0 Å². The van der Waals surface area contributed by atoms with Crippen molar-refractivity contribution in [3.05, 3.63) is 54.8 Å². The Balaban J connectivity index is 1.37. The molecule has 0 amide bonds. The molecule has 0 radical (unpaired) electrons. The number of para-hydroxylation sites is 1. The van der Waals surface area contributed by atoms with Crippen LogP contribution in [0.25, 0.3) is 11.0 Å². The molecule has 1 N–H and O–H groups in total. The zero-order valence-corrected chi connectivity index (χ0v) is 11.5. The van der Waals surface area contributed by atoms with E-state index in [9.17, 15) is 0 Å². The number of hydrogen-bond acceptors (Lipinski definition) is 3. The quantitative estimate of drug-likeness (QED) is 0.670. The van der Waals surface area contributed by atoms with E-state index in [-0.39, 0.29) is 0 Å². The van der Waals surface area contributed by atoms with Crippen LogP contribution in [0.3, 0.4) is 0 Å². The van der Waals surface area contributed by atoms with Gasteiger partial charge in [0.1, 0.15) is 11.3 Å². The van der Waals surface area contributed by atoms with E-state index in [2.05, 4.69) is 27.0 Å². The number of nitrogens with zero attached hydrogens (tertiary/aromatic N) is 2. The van der Waals surface area contributed by atoms with E-state index in [0.717, 1.165) is 43.8 Å². The van der Waals surface area contributed by atoms with Gasteiger partial charge in [-0.1, -0.05) is 18.2 Å². The number of aromatic nitrogens is 2. The fourth-order valence-corrected chi connectivity index (χ4v) is 2.30. The lowest BCUT2D eigenvalue weighted by Crippen LogP contribution is -2.14. The van der Waals surface area contributed by atoms with Gasteiger partial charge in [0.15, 0.2) is 0 Å². The Hall–Kier alpha value is -2.07. The molecule has 0 unspecified atom stereocenters. The van der Waals surface area contributed by atoms with E-state index in [4.69, 9.17) is 4.42 Å². The van der Waals surface area contributed by atoms with Crippen LogP contribution in [0.5, 0.6) is 0 Å². The van der Waals surface area contributed by atoms with Gasteiger partial charge < -0.3 is 14.3 Å². The highest BCUT2D eigenvalue weighted by Gasteiger charge is 2.01. The third-order valence-corrected chi connectivity index (χ3v) is 3.35. The number of aryl methyl sites for hydroxylation is 1. The topological polar surface area (TPSA) is 43.0 Å². The van der Waals surface area contributed by atoms with Gasteiger partial charge in [0.2, 0.25) is 0 Å². The molecule has 0 aliphatic rings. The summed E-state index contributed by atoms with van der Waals surface area (Å²) in [5.41, 5.74) is 0.962. The van der Waals surface area contributed by atoms with Crippen LogP contribution in [0, 0.1) is 0 Å². The summed E-state index contributed by atoms with van der Waals surface area (Å²) in [4.78, 5) is 4.03. The summed E-state index contributed by atoms with van der Waals surface area (Å²) < 4.78 is 7.87. The van der Waals surface area contributed by atoms with Crippen LogP contribution >= 0.6 is 0 Å². The van der Waals surface area contributed by atoms with E-state index >= 15 is 0 Å². The average molecular weight is 269 g/mol. The molecule has 3 rings (SSSR count). The maximum absolute atomic E-state index is 5.76. The molecule has 3 aromatic rings. The molecule has 4 heteroatoms. The maximum Gasteiger partial charge on any atom is 0.134 e. The van der Waals surface area contributed by atoms with Crippen LogP contribution in [-0.2, 0) is 13.1 Å². The Morgan fingerprint density at radius 1 is 1.20 bits per heavy atom. The molecule has 0 fully saturated rings. The maximum atomic E-state index is 5.76. The van der Waals surface area contributed by atoms with Gasteiger partial charge in [0, 0.05) is 24.3 Å². The van der Waals surface area contributed by atoms with Crippen LogP contribution in [0.15, 0.2) is 53.5 Å². The Kier molecular flexibility index (Phi) is 4.13. The van der Waals surface area contributed by atoms with E-state index < -0.39 is 0 Å². The average Bonchev–Trinajstić information content (AvgIpc) is 3.11. The molecule has 1 aromatic carbocycles. The predicted molar refractivity (Wildman–Crippen MR) is 79.4 cm³/mol. The largest absolute Gasteiger partial charge is 0.460 e. The van der Waals surface area contributed by atoms with Gasteiger partial charge in [-0.3, -0.25) is 0 Å². The summed E-state index contributed by atoms with van der Waals surface area (Å²) in [6.07, 6.45) is 7.99. The number of rotatable bonds is 7. The van der Waals surface area contributed by atoms with E-state index in [1.165, 1.54) is 5.39 Å². The van der Waals surface area contributed by atoms with Gasteiger partial charge in [-0.25, -0.2) is 4.98 Å². The zero-order valence-electron chi connectivity index (χ0n) is 11.5. The Bertz CT molecular complexity index is 610. The molecule has 0 saturated carbocycles. The third kappa shape index (κ3) is 3.27. The first-order valence-corrected chi connectivity index (χ1v) is 7.06. The molecule has 0 saturated heterocycles. The van der Waals surface area contributed by atoms with Crippen molar-refractivity contribution < 1.29 is 4.42 Å². The van der Waals surface area contributed by atoms with E-state index in [1.807, 2.05) is 36.9 Å². The second-order valence-corrected chi connectivity index (χ2v) is 4.93. The van der Waals surface area contributed by atoms with Crippen LogP contribution in [-0.4, -0.2) is 16.1 Å². The Labute approximate surface area is 118 Å². The number of nitrogens with one attached hydrogen (secondary N) is 1. The summed E-state index contributed by atoms with van der Waals surface area (Å²) >= 11 is 0. The highest BCUT2D eigenvalue weighted by atomic mass is 16.3. The Morgan fingerprint density at radius 3 is 3.00 bits per heavy atom. The van der Waals surface area contributed by atoms with Gasteiger partial charge in [0.25, 0.3) is 0 Å². The molecule has 20 heavy (non-hydrogen) atoms. The van der Waals surface area contributed by atoms with Crippen molar-refractivity contribution in [1.29, 1.82) is 0 Å². The minimum atomic E-state index is 0.791. The standard InChI is InChI=1S/C16H19N3O/c1-2-6-16-14(5-1)11-15(20-16)12-17-7-3-4-9-19-10-8-18-13-19/h1-2,5-6,8,10-11,13,17H,3-4,7,9,12H2. The second-order valence-electron chi connectivity index (χ2n) is 4.93. The molecule has 0 atom stereocenters. The normalized spacial score (nSPS) is 11.2. The molecule has 0 aliphatic heterocycles. The second kappa shape index (κ2) is 6.39. The van der Waals surface area contributed by atoms with Gasteiger partial charge in [-0.05, 0) is 31.5 Å². The summed E-state index contributed by atoms with van der Waals surface area (Å²) in [6.45, 7) is 2.83. The first-order valence-electron chi connectivity index (χ1n) is 7.06. The van der Waals surface area contributed by atoms with Gasteiger partial charge >= 0.3 is 0 Å². The fourth-order valence-electron chi connectivity index (χ4n) is 2.30. The summed E-state index contributed by atoms with van der Waals surface area (Å²) in [5, 5.41) is 4.59. The van der Waals surface area contributed by atoms with Crippen molar-refractivity contribution in [2.24, 2.45) is 0 Å².